The van der Waals surface area contributed by atoms with Crippen LogP contribution in [-0.4, -0.2) is 17.0 Å². The molecule has 2 atom stereocenters. The number of thioether (sulfide) groups is 1. The molecular weight excluding hydrogens is 142 g/mol. The van der Waals surface area contributed by atoms with Gasteiger partial charge >= 0.3 is 0 Å². The standard InChI is InChI=1S/C8H15NS/c1-7(9)4-5-8-3-2-6-10-8/h4-5,7-8H,2-3,6,9H2,1H3/b5-4+. The van der Waals surface area contributed by atoms with E-state index in [1.165, 1.54) is 18.6 Å². The molecule has 1 nitrogen and oxygen atoms in total. The Morgan fingerprint density at radius 2 is 2.50 bits per heavy atom. The van der Waals surface area contributed by atoms with Crippen LogP contribution in [-0.2, 0) is 0 Å². The molecule has 0 saturated carbocycles. The first-order valence-corrected chi connectivity index (χ1v) is 4.89. The molecule has 0 aromatic heterocycles. The summed E-state index contributed by atoms with van der Waals surface area (Å²) in [6, 6.07) is 0.223. The maximum atomic E-state index is 5.57. The first-order chi connectivity index (χ1) is 4.79. The Labute approximate surface area is 67.1 Å². The van der Waals surface area contributed by atoms with E-state index in [9.17, 15) is 0 Å². The fraction of sp³-hybridized carbons (Fsp3) is 0.750. The molecule has 1 aliphatic rings. The van der Waals surface area contributed by atoms with Gasteiger partial charge in [0.1, 0.15) is 0 Å². The van der Waals surface area contributed by atoms with Crippen molar-refractivity contribution < 1.29 is 0 Å². The van der Waals surface area contributed by atoms with Crippen LogP contribution in [0.1, 0.15) is 19.8 Å². The van der Waals surface area contributed by atoms with E-state index in [0.717, 1.165) is 5.25 Å². The Morgan fingerprint density at radius 1 is 1.70 bits per heavy atom. The first kappa shape index (κ1) is 8.15. The van der Waals surface area contributed by atoms with Crippen molar-refractivity contribution in [2.45, 2.75) is 31.1 Å². The van der Waals surface area contributed by atoms with Crippen LogP contribution in [0.15, 0.2) is 12.2 Å². The second-order valence-corrected chi connectivity index (χ2v) is 4.14. The largest absolute Gasteiger partial charge is 0.325 e. The maximum absolute atomic E-state index is 5.57. The molecule has 2 heteroatoms. The summed E-state index contributed by atoms with van der Waals surface area (Å²) >= 11 is 2.04. The van der Waals surface area contributed by atoms with Crippen LogP contribution in [0.4, 0.5) is 0 Å². The smallest absolute Gasteiger partial charge is 0.0227 e. The van der Waals surface area contributed by atoms with E-state index in [2.05, 4.69) is 12.2 Å². The van der Waals surface area contributed by atoms with Gasteiger partial charge in [0.15, 0.2) is 0 Å². The van der Waals surface area contributed by atoms with Crippen molar-refractivity contribution in [2.75, 3.05) is 5.75 Å². The molecule has 0 amide bonds. The monoisotopic (exact) mass is 157 g/mol. The Kier molecular flexibility index (Phi) is 3.29. The summed E-state index contributed by atoms with van der Waals surface area (Å²) < 4.78 is 0. The Balaban J connectivity index is 2.23. The van der Waals surface area contributed by atoms with E-state index < -0.39 is 0 Å². The zero-order valence-corrected chi connectivity index (χ0v) is 7.23. The van der Waals surface area contributed by atoms with E-state index in [4.69, 9.17) is 5.73 Å². The van der Waals surface area contributed by atoms with Crippen LogP contribution < -0.4 is 5.73 Å². The molecule has 0 aromatic rings. The molecule has 1 aliphatic heterocycles. The molecule has 0 aliphatic carbocycles. The summed E-state index contributed by atoms with van der Waals surface area (Å²) in [5, 5.41) is 0.756. The highest BCUT2D eigenvalue weighted by Gasteiger charge is 2.11. The van der Waals surface area contributed by atoms with Crippen LogP contribution in [0, 0.1) is 0 Å². The van der Waals surface area contributed by atoms with Gasteiger partial charge in [-0.25, -0.2) is 0 Å². The van der Waals surface area contributed by atoms with Crippen molar-refractivity contribution in [1.82, 2.24) is 0 Å². The normalized spacial score (nSPS) is 29.6. The maximum Gasteiger partial charge on any atom is 0.0227 e. The molecule has 1 rings (SSSR count). The van der Waals surface area contributed by atoms with Crippen molar-refractivity contribution >= 4 is 11.8 Å². The van der Waals surface area contributed by atoms with E-state index in [1.807, 2.05) is 18.7 Å². The fourth-order valence-electron chi connectivity index (χ4n) is 1.05. The molecule has 0 bridgehead atoms. The van der Waals surface area contributed by atoms with Crippen molar-refractivity contribution in [3.05, 3.63) is 12.2 Å². The van der Waals surface area contributed by atoms with Crippen LogP contribution in [0.25, 0.3) is 0 Å². The zero-order valence-electron chi connectivity index (χ0n) is 6.42. The summed E-state index contributed by atoms with van der Waals surface area (Å²) in [6.45, 7) is 2.01. The molecule has 1 fully saturated rings. The minimum atomic E-state index is 0.223. The van der Waals surface area contributed by atoms with Crippen molar-refractivity contribution in [3.8, 4) is 0 Å². The molecule has 58 valence electrons. The molecule has 1 heterocycles. The van der Waals surface area contributed by atoms with Gasteiger partial charge in [-0.05, 0) is 25.5 Å². The molecule has 2 unspecified atom stereocenters. The second kappa shape index (κ2) is 4.04. The predicted octanol–water partition coefficient (Wildman–Crippen LogP) is 1.79. The van der Waals surface area contributed by atoms with Gasteiger partial charge in [-0.2, -0.15) is 11.8 Å². The van der Waals surface area contributed by atoms with Crippen molar-refractivity contribution in [1.29, 1.82) is 0 Å². The van der Waals surface area contributed by atoms with Gasteiger partial charge in [-0.3, -0.25) is 0 Å². The van der Waals surface area contributed by atoms with Gasteiger partial charge in [-0.15, -0.1) is 0 Å². The average Bonchev–Trinajstić information content (AvgIpc) is 2.34. The lowest BCUT2D eigenvalue weighted by atomic mass is 10.2. The third-order valence-electron chi connectivity index (χ3n) is 1.59. The molecule has 2 N–H and O–H groups in total. The highest BCUT2D eigenvalue weighted by Crippen LogP contribution is 2.26. The molecular formula is C8H15NS. The average molecular weight is 157 g/mol. The highest BCUT2D eigenvalue weighted by atomic mass is 32.2. The van der Waals surface area contributed by atoms with Crippen LogP contribution in [0.2, 0.25) is 0 Å². The van der Waals surface area contributed by atoms with Crippen LogP contribution in [0.5, 0.6) is 0 Å². The lowest BCUT2D eigenvalue weighted by Gasteiger charge is -2.00. The van der Waals surface area contributed by atoms with Gasteiger partial charge in [-0.1, -0.05) is 12.2 Å². The van der Waals surface area contributed by atoms with Crippen molar-refractivity contribution in [3.63, 3.8) is 0 Å². The Morgan fingerprint density at radius 3 is 3.00 bits per heavy atom. The van der Waals surface area contributed by atoms with E-state index in [-0.39, 0.29) is 6.04 Å². The van der Waals surface area contributed by atoms with Gasteiger partial charge in [0.05, 0.1) is 0 Å². The zero-order chi connectivity index (χ0) is 7.40. The lowest BCUT2D eigenvalue weighted by molar-refractivity contribution is 0.864. The van der Waals surface area contributed by atoms with E-state index in [1.54, 1.807) is 0 Å². The van der Waals surface area contributed by atoms with Gasteiger partial charge in [0.2, 0.25) is 0 Å². The number of nitrogens with two attached hydrogens (primary N) is 1. The molecule has 1 saturated heterocycles. The molecule has 0 aromatic carbocycles. The summed E-state index contributed by atoms with van der Waals surface area (Å²) in [5.41, 5.74) is 5.57. The Hall–Kier alpha value is 0.0500. The van der Waals surface area contributed by atoms with Gasteiger partial charge in [0.25, 0.3) is 0 Å². The minimum absolute atomic E-state index is 0.223. The van der Waals surface area contributed by atoms with Gasteiger partial charge < -0.3 is 5.73 Å². The Bertz CT molecular complexity index is 114. The van der Waals surface area contributed by atoms with Crippen molar-refractivity contribution in [2.24, 2.45) is 5.73 Å². The number of hydrogen-bond donors (Lipinski definition) is 1. The first-order valence-electron chi connectivity index (χ1n) is 3.84. The summed E-state index contributed by atoms with van der Waals surface area (Å²) in [6.07, 6.45) is 7.07. The summed E-state index contributed by atoms with van der Waals surface area (Å²) in [4.78, 5) is 0. The SMILES string of the molecule is CC(N)/C=C/C1CCCS1. The van der Waals surface area contributed by atoms with E-state index >= 15 is 0 Å². The van der Waals surface area contributed by atoms with Crippen LogP contribution in [0.3, 0.4) is 0 Å². The van der Waals surface area contributed by atoms with Crippen LogP contribution >= 0.6 is 11.8 Å². The van der Waals surface area contributed by atoms with Gasteiger partial charge in [0, 0.05) is 11.3 Å². The topological polar surface area (TPSA) is 26.0 Å². The van der Waals surface area contributed by atoms with E-state index in [0.29, 0.717) is 0 Å². The molecule has 0 spiro atoms. The minimum Gasteiger partial charge on any atom is -0.325 e. The predicted molar refractivity (Wildman–Crippen MR) is 48.3 cm³/mol. The lowest BCUT2D eigenvalue weighted by Crippen LogP contribution is -2.11. The fourth-order valence-corrected chi connectivity index (χ4v) is 2.22. The summed E-state index contributed by atoms with van der Waals surface area (Å²) in [7, 11) is 0. The summed E-state index contributed by atoms with van der Waals surface area (Å²) in [5.74, 6) is 1.33. The molecule has 10 heavy (non-hydrogen) atoms. The second-order valence-electron chi connectivity index (χ2n) is 2.80. The number of hydrogen-bond acceptors (Lipinski definition) is 2. The quantitative estimate of drug-likeness (QED) is 0.618. The third-order valence-corrected chi connectivity index (χ3v) is 2.94. The molecule has 0 radical (unpaired) electrons. The number of rotatable bonds is 2. The third kappa shape index (κ3) is 2.76. The highest BCUT2D eigenvalue weighted by molar-refractivity contribution is 8.00.